The van der Waals surface area contributed by atoms with E-state index in [0.29, 0.717) is 32.2 Å². The second-order valence-electron chi connectivity index (χ2n) is 7.32. The lowest BCUT2D eigenvalue weighted by Gasteiger charge is -2.29. The molecule has 1 heterocycles. The number of rotatable bonds is 13. The van der Waals surface area contributed by atoms with Crippen LogP contribution in [0.2, 0.25) is 0 Å². The number of aliphatic carboxylic acids is 2. The smallest absolute Gasteiger partial charge is 0.327 e. The highest BCUT2D eigenvalue weighted by molar-refractivity contribution is 7.80. The summed E-state index contributed by atoms with van der Waals surface area (Å²) in [6.07, 6.45) is 1.67. The molecule has 1 fully saturated rings. The van der Waals surface area contributed by atoms with Crippen molar-refractivity contribution in [3.05, 3.63) is 0 Å². The van der Waals surface area contributed by atoms with Crippen molar-refractivity contribution >= 4 is 42.3 Å². The Kier molecular flexibility index (Phi) is 11.3. The van der Waals surface area contributed by atoms with Crippen LogP contribution in [0.4, 0.5) is 0 Å². The topological polar surface area (TPSA) is 205 Å². The van der Waals surface area contributed by atoms with E-state index in [-0.39, 0.29) is 18.7 Å². The zero-order valence-corrected chi connectivity index (χ0v) is 18.1. The SMILES string of the molecule is NCCCCC(N)C(=O)NC(CC(=O)O)C(=O)N1CCCC1C(=O)NC(CS)C(=O)O. The average Bonchev–Trinajstić information content (AvgIpc) is 3.20. The Morgan fingerprint density at radius 1 is 1.10 bits per heavy atom. The van der Waals surface area contributed by atoms with Gasteiger partial charge < -0.3 is 37.2 Å². The zero-order valence-electron chi connectivity index (χ0n) is 17.2. The van der Waals surface area contributed by atoms with Gasteiger partial charge in [0.2, 0.25) is 17.7 Å². The highest BCUT2D eigenvalue weighted by Gasteiger charge is 2.39. The van der Waals surface area contributed by atoms with E-state index in [1.807, 2.05) is 0 Å². The van der Waals surface area contributed by atoms with E-state index in [9.17, 15) is 24.0 Å². The third-order valence-corrected chi connectivity index (χ3v) is 5.30. The predicted octanol–water partition coefficient (Wildman–Crippen LogP) is -2.11. The molecule has 176 valence electrons. The first-order chi connectivity index (χ1) is 14.6. The minimum Gasteiger partial charge on any atom is -0.481 e. The van der Waals surface area contributed by atoms with Crippen molar-refractivity contribution < 1.29 is 34.2 Å². The summed E-state index contributed by atoms with van der Waals surface area (Å²) in [6, 6.07) is -4.53. The maximum atomic E-state index is 13.0. The number of thiol groups is 1. The molecule has 1 saturated heterocycles. The third kappa shape index (κ3) is 8.34. The number of nitrogens with two attached hydrogens (primary N) is 2. The van der Waals surface area contributed by atoms with Gasteiger partial charge in [-0.15, -0.1) is 0 Å². The molecule has 13 heteroatoms. The summed E-state index contributed by atoms with van der Waals surface area (Å²) in [6.45, 7) is 0.618. The minimum absolute atomic E-state index is 0.137. The Morgan fingerprint density at radius 2 is 1.77 bits per heavy atom. The van der Waals surface area contributed by atoms with Crippen LogP contribution in [0.3, 0.4) is 0 Å². The van der Waals surface area contributed by atoms with Crippen molar-refractivity contribution in [3.8, 4) is 0 Å². The normalized spacial score (nSPS) is 18.7. The predicted molar refractivity (Wildman–Crippen MR) is 113 cm³/mol. The standard InChI is InChI=1S/C18H31N5O7S/c19-6-2-1-4-10(20)15(26)21-11(8-14(24)25)17(28)23-7-3-5-13(23)16(27)22-12(9-31)18(29)30/h10-13,31H,1-9,19-20H2,(H,21,26)(H,22,27)(H,24,25)(H,29,30). The average molecular weight is 462 g/mol. The van der Waals surface area contributed by atoms with Crippen LogP contribution in [-0.2, 0) is 24.0 Å². The number of likely N-dealkylation sites (tertiary alicyclic amines) is 1. The number of carbonyl (C=O) groups excluding carboxylic acids is 3. The van der Waals surface area contributed by atoms with Crippen LogP contribution in [0.15, 0.2) is 0 Å². The summed E-state index contributed by atoms with van der Waals surface area (Å²) in [5, 5.41) is 22.9. The Labute approximate surface area is 185 Å². The van der Waals surface area contributed by atoms with E-state index in [1.54, 1.807) is 0 Å². The monoisotopic (exact) mass is 461 g/mol. The van der Waals surface area contributed by atoms with Crippen molar-refractivity contribution in [3.63, 3.8) is 0 Å². The lowest BCUT2D eigenvalue weighted by Crippen LogP contribution is -2.57. The van der Waals surface area contributed by atoms with Crippen molar-refractivity contribution in [2.24, 2.45) is 11.5 Å². The first-order valence-corrected chi connectivity index (χ1v) is 10.7. The van der Waals surface area contributed by atoms with Gasteiger partial charge in [0.1, 0.15) is 18.1 Å². The fraction of sp³-hybridized carbons (Fsp3) is 0.722. The van der Waals surface area contributed by atoms with Crippen LogP contribution in [0, 0.1) is 0 Å². The van der Waals surface area contributed by atoms with E-state index < -0.39 is 60.2 Å². The molecule has 31 heavy (non-hydrogen) atoms. The highest BCUT2D eigenvalue weighted by atomic mass is 32.1. The number of amides is 3. The molecular weight excluding hydrogens is 430 g/mol. The molecule has 0 aliphatic carbocycles. The summed E-state index contributed by atoms with van der Waals surface area (Å²) in [7, 11) is 0. The van der Waals surface area contributed by atoms with Crippen LogP contribution in [0.25, 0.3) is 0 Å². The summed E-state index contributed by atoms with van der Waals surface area (Å²) in [4.78, 5) is 61.4. The van der Waals surface area contributed by atoms with Gasteiger partial charge >= 0.3 is 11.9 Å². The van der Waals surface area contributed by atoms with Gasteiger partial charge in [-0.3, -0.25) is 19.2 Å². The van der Waals surface area contributed by atoms with Gasteiger partial charge in [-0.2, -0.15) is 12.6 Å². The number of hydrogen-bond acceptors (Lipinski definition) is 8. The summed E-state index contributed by atoms with van der Waals surface area (Å²) in [5.74, 6) is -4.79. The first-order valence-electron chi connectivity index (χ1n) is 10.0. The van der Waals surface area contributed by atoms with E-state index in [1.165, 1.54) is 4.90 Å². The van der Waals surface area contributed by atoms with Gasteiger partial charge in [-0.05, 0) is 32.2 Å². The Morgan fingerprint density at radius 3 is 2.32 bits per heavy atom. The van der Waals surface area contributed by atoms with Gasteiger partial charge in [-0.1, -0.05) is 6.42 Å². The maximum absolute atomic E-state index is 13.0. The van der Waals surface area contributed by atoms with Gasteiger partial charge in [0.05, 0.1) is 12.5 Å². The molecule has 1 aliphatic rings. The van der Waals surface area contributed by atoms with Gasteiger partial charge in [0.25, 0.3) is 0 Å². The fourth-order valence-corrected chi connectivity index (χ4v) is 3.50. The molecule has 0 aromatic rings. The van der Waals surface area contributed by atoms with Gasteiger partial charge in [-0.25, -0.2) is 4.79 Å². The maximum Gasteiger partial charge on any atom is 0.327 e. The number of unbranched alkanes of at least 4 members (excludes halogenated alkanes) is 1. The molecule has 1 aliphatic heterocycles. The Hall–Kier alpha value is -2.38. The van der Waals surface area contributed by atoms with Gasteiger partial charge in [0.15, 0.2) is 0 Å². The number of nitrogens with one attached hydrogen (secondary N) is 2. The second kappa shape index (κ2) is 13.1. The largest absolute Gasteiger partial charge is 0.481 e. The molecule has 4 unspecified atom stereocenters. The molecule has 3 amide bonds. The van der Waals surface area contributed by atoms with Crippen molar-refractivity contribution in [1.29, 1.82) is 0 Å². The molecule has 4 atom stereocenters. The molecular formula is C18H31N5O7S. The molecule has 8 N–H and O–H groups in total. The van der Waals surface area contributed by atoms with Crippen molar-refractivity contribution in [2.45, 2.75) is 62.7 Å². The molecule has 0 radical (unpaired) electrons. The molecule has 0 spiro atoms. The lowest BCUT2D eigenvalue weighted by molar-refractivity contribution is -0.147. The van der Waals surface area contributed by atoms with Crippen molar-refractivity contribution in [2.75, 3.05) is 18.8 Å². The number of carboxylic acids is 2. The molecule has 0 saturated carbocycles. The fourth-order valence-electron chi connectivity index (χ4n) is 3.25. The number of carboxylic acid groups (broad SMARTS) is 2. The third-order valence-electron chi connectivity index (χ3n) is 4.94. The second-order valence-corrected chi connectivity index (χ2v) is 7.69. The Balaban J connectivity index is 2.88. The van der Waals surface area contributed by atoms with E-state index in [0.717, 1.165) is 0 Å². The van der Waals surface area contributed by atoms with E-state index >= 15 is 0 Å². The lowest BCUT2D eigenvalue weighted by atomic mass is 10.1. The van der Waals surface area contributed by atoms with Crippen LogP contribution in [0.1, 0.15) is 38.5 Å². The molecule has 12 nitrogen and oxygen atoms in total. The van der Waals surface area contributed by atoms with Crippen LogP contribution in [0.5, 0.6) is 0 Å². The molecule has 0 bridgehead atoms. The minimum atomic E-state index is -1.40. The van der Waals surface area contributed by atoms with E-state index in [2.05, 4.69) is 23.3 Å². The van der Waals surface area contributed by atoms with E-state index in [4.69, 9.17) is 21.7 Å². The molecule has 0 aromatic carbocycles. The Bertz CT molecular complexity index is 678. The molecule has 1 rings (SSSR count). The first kappa shape index (κ1) is 26.7. The number of nitrogens with zero attached hydrogens (tertiary/aromatic N) is 1. The quantitative estimate of drug-likeness (QED) is 0.118. The molecule has 0 aromatic heterocycles. The number of hydrogen-bond donors (Lipinski definition) is 7. The summed E-state index contributed by atoms with van der Waals surface area (Å²) < 4.78 is 0. The number of carbonyl (C=O) groups is 5. The van der Waals surface area contributed by atoms with Crippen LogP contribution in [-0.4, -0.2) is 87.8 Å². The van der Waals surface area contributed by atoms with Gasteiger partial charge in [0, 0.05) is 12.3 Å². The van der Waals surface area contributed by atoms with Crippen molar-refractivity contribution in [1.82, 2.24) is 15.5 Å². The highest BCUT2D eigenvalue weighted by Crippen LogP contribution is 2.20. The summed E-state index contributed by atoms with van der Waals surface area (Å²) >= 11 is 3.89. The van der Waals surface area contributed by atoms with Crippen LogP contribution < -0.4 is 22.1 Å². The van der Waals surface area contributed by atoms with Crippen LogP contribution >= 0.6 is 12.6 Å². The summed E-state index contributed by atoms with van der Waals surface area (Å²) in [5.41, 5.74) is 11.2. The zero-order chi connectivity index (χ0) is 23.6.